The van der Waals surface area contributed by atoms with Gasteiger partial charge in [0.25, 0.3) is 0 Å². The molecular weight excluding hydrogens is 572 g/mol. The molecule has 4 aliphatic rings. The highest BCUT2D eigenvalue weighted by molar-refractivity contribution is 5.88. The van der Waals surface area contributed by atoms with E-state index < -0.39 is 96.4 Å². The number of hydrogen-bond donors (Lipinski definition) is 11. The number of aliphatic hydroxyl groups is 7. The molecule has 2 saturated carbocycles. The van der Waals surface area contributed by atoms with Crippen molar-refractivity contribution in [2.45, 2.75) is 130 Å². The fraction of sp³-hybridized carbons (Fsp3) is 0.963. The summed E-state index contributed by atoms with van der Waals surface area (Å²) in [7, 11) is 1.55. The Morgan fingerprint density at radius 3 is 2.21 bits per heavy atom. The predicted molar refractivity (Wildman–Crippen MR) is 148 cm³/mol. The zero-order valence-corrected chi connectivity index (χ0v) is 24.9. The molecule has 2 saturated heterocycles. The fourth-order valence-electron chi connectivity index (χ4n) is 6.73. The number of carbonyl (C=O) groups excluding carboxylic acids is 1. The summed E-state index contributed by atoms with van der Waals surface area (Å²) in [5, 5.41) is 81.3. The van der Waals surface area contributed by atoms with Gasteiger partial charge in [0.15, 0.2) is 18.4 Å². The van der Waals surface area contributed by atoms with Crippen LogP contribution < -0.4 is 22.1 Å². The number of likely N-dealkylation sites (N-methyl/N-ethyl adjacent to an activating group) is 2. The summed E-state index contributed by atoms with van der Waals surface area (Å²) in [6.07, 6.45) is -13.8. The van der Waals surface area contributed by atoms with Gasteiger partial charge in [0.2, 0.25) is 0 Å². The van der Waals surface area contributed by atoms with Crippen LogP contribution in [0.1, 0.15) is 39.5 Å². The summed E-state index contributed by atoms with van der Waals surface area (Å²) in [5.74, 6) is -1.24. The zero-order chi connectivity index (χ0) is 31.9. The third kappa shape index (κ3) is 7.24. The summed E-state index contributed by atoms with van der Waals surface area (Å²) in [5.41, 5.74) is 9.21. The highest BCUT2D eigenvalue weighted by atomic mass is 16.7. The fourth-order valence-corrected chi connectivity index (χ4v) is 6.73. The highest BCUT2D eigenvalue weighted by Gasteiger charge is 2.54. The van der Waals surface area contributed by atoms with Gasteiger partial charge in [-0.25, -0.2) is 0 Å². The minimum atomic E-state index is -1.68. The van der Waals surface area contributed by atoms with Crippen LogP contribution in [0.3, 0.4) is 0 Å². The van der Waals surface area contributed by atoms with E-state index in [0.717, 1.165) is 0 Å². The van der Waals surface area contributed by atoms with Crippen LogP contribution in [0.2, 0.25) is 0 Å². The summed E-state index contributed by atoms with van der Waals surface area (Å²) < 4.78 is 23.5. The van der Waals surface area contributed by atoms with Gasteiger partial charge in [-0.1, -0.05) is 6.92 Å². The summed E-state index contributed by atoms with van der Waals surface area (Å²) in [6.45, 7) is 3.83. The smallest absolute Gasteiger partial charge is 0.187 e. The largest absolute Gasteiger partial charge is 0.388 e. The first-order valence-electron chi connectivity index (χ1n) is 15.0. The average Bonchev–Trinajstić information content (AvgIpc) is 2.92. The monoisotopic (exact) mass is 622 g/mol. The number of rotatable bonds is 11. The van der Waals surface area contributed by atoms with Gasteiger partial charge in [-0.15, -0.1) is 0 Å². The Bertz CT molecular complexity index is 942. The summed E-state index contributed by atoms with van der Waals surface area (Å²) in [6, 6.07) is -2.07. The standard InChI is InChI=1S/C27H50N4O12/c1-4-31-9-14-16(33)17(34)18(35)25(41-14)43-22-13(29)5-11(6-15(32)27(39)7-12(28)8-27)21(19(22)36)42-24-20(37)23(30-3)26(2,38)10-40-24/h11-14,16-25,30-31,33-39H,4-10,28-29H2,1-3H3/t11-,12?,13-,14+,16+,17-,18+,19+,20+,21-,22?,23+,24+,25+,26-,27?/m0/s1. The summed E-state index contributed by atoms with van der Waals surface area (Å²) in [4.78, 5) is 13.1. The lowest BCUT2D eigenvalue weighted by Gasteiger charge is -2.50. The second kappa shape index (κ2) is 13.8. The van der Waals surface area contributed by atoms with Gasteiger partial charge in [0.1, 0.15) is 53.9 Å². The van der Waals surface area contributed by atoms with Gasteiger partial charge in [0.05, 0.1) is 18.8 Å². The molecule has 2 heterocycles. The van der Waals surface area contributed by atoms with Crippen molar-refractivity contribution >= 4 is 5.78 Å². The van der Waals surface area contributed by atoms with Crippen LogP contribution in [0.4, 0.5) is 0 Å². The minimum Gasteiger partial charge on any atom is -0.388 e. The SMILES string of the molecule is CCNC[C@H]1O[C@H](OC2[C@@H](N)C[C@@H](CC(=O)C3(O)CC(N)C3)[C@H](O[C@H]3OC[C@](C)(O)[C@H](NC)[C@H]3O)[C@H]2O)[C@H](O)[C@@H](O)[C@@H]1O. The number of nitrogens with one attached hydrogen (secondary N) is 2. The lowest BCUT2D eigenvalue weighted by Crippen LogP contribution is -2.68. The molecule has 0 amide bonds. The zero-order valence-electron chi connectivity index (χ0n) is 24.9. The Morgan fingerprint density at radius 2 is 1.60 bits per heavy atom. The molecule has 16 heteroatoms. The van der Waals surface area contributed by atoms with Gasteiger partial charge in [-0.05, 0) is 45.7 Å². The third-order valence-electron chi connectivity index (χ3n) is 9.29. The van der Waals surface area contributed by atoms with E-state index in [4.69, 9.17) is 30.4 Å². The van der Waals surface area contributed by atoms with Crippen LogP contribution in [0, 0.1) is 5.92 Å². The number of ether oxygens (including phenoxy) is 4. The van der Waals surface area contributed by atoms with Crippen molar-refractivity contribution in [2.24, 2.45) is 17.4 Å². The van der Waals surface area contributed by atoms with E-state index in [0.29, 0.717) is 6.54 Å². The van der Waals surface area contributed by atoms with Crippen molar-refractivity contribution in [1.82, 2.24) is 10.6 Å². The molecule has 4 fully saturated rings. The van der Waals surface area contributed by atoms with Gasteiger partial charge in [-0.2, -0.15) is 0 Å². The maximum atomic E-state index is 13.1. The van der Waals surface area contributed by atoms with Crippen LogP contribution in [-0.2, 0) is 23.7 Å². The maximum absolute atomic E-state index is 13.1. The Kier molecular flexibility index (Phi) is 11.2. The number of ketones is 1. The predicted octanol–water partition coefficient (Wildman–Crippen LogP) is -5.25. The van der Waals surface area contributed by atoms with E-state index in [1.54, 1.807) is 7.05 Å². The molecule has 0 radical (unpaired) electrons. The molecule has 0 aromatic heterocycles. The highest BCUT2D eigenvalue weighted by Crippen LogP contribution is 2.39. The van der Waals surface area contributed by atoms with Crippen LogP contribution in [0.25, 0.3) is 0 Å². The first-order chi connectivity index (χ1) is 20.1. The number of aliphatic hydroxyl groups excluding tert-OH is 5. The van der Waals surface area contributed by atoms with E-state index in [1.807, 2.05) is 6.92 Å². The lowest BCUT2D eigenvalue weighted by molar-refractivity contribution is -0.333. The van der Waals surface area contributed by atoms with E-state index in [-0.39, 0.29) is 44.9 Å². The van der Waals surface area contributed by atoms with Crippen molar-refractivity contribution in [1.29, 1.82) is 0 Å². The number of Topliss-reactive ketones (excluding diaryl/α,β-unsaturated/α-hetero) is 1. The quantitative estimate of drug-likeness (QED) is 0.103. The minimum absolute atomic E-state index is 0.0606. The van der Waals surface area contributed by atoms with E-state index in [2.05, 4.69) is 10.6 Å². The molecule has 1 unspecified atom stereocenters. The Balaban J connectivity index is 1.55. The third-order valence-corrected chi connectivity index (χ3v) is 9.29. The Morgan fingerprint density at radius 1 is 0.953 bits per heavy atom. The van der Waals surface area contributed by atoms with Crippen LogP contribution >= 0.6 is 0 Å². The molecule has 0 spiro atoms. The van der Waals surface area contributed by atoms with Gasteiger partial charge in [0, 0.05) is 25.0 Å². The molecule has 2 aliphatic carbocycles. The molecule has 2 aliphatic heterocycles. The topological polar surface area (TPSA) is 272 Å². The van der Waals surface area contributed by atoms with E-state index in [1.165, 1.54) is 6.92 Å². The van der Waals surface area contributed by atoms with Gasteiger partial charge < -0.3 is 76.8 Å². The van der Waals surface area contributed by atoms with Crippen LogP contribution in [0.5, 0.6) is 0 Å². The van der Waals surface area contributed by atoms with Crippen molar-refractivity contribution in [3.05, 3.63) is 0 Å². The molecule has 0 aromatic rings. The van der Waals surface area contributed by atoms with Crippen molar-refractivity contribution in [3.63, 3.8) is 0 Å². The molecule has 16 nitrogen and oxygen atoms in total. The number of carbonyl (C=O) groups is 1. The molecule has 4 rings (SSSR count). The van der Waals surface area contributed by atoms with Crippen LogP contribution in [-0.4, -0.2) is 159 Å². The van der Waals surface area contributed by atoms with Gasteiger partial charge >= 0.3 is 0 Å². The van der Waals surface area contributed by atoms with Crippen molar-refractivity contribution < 1.29 is 59.5 Å². The molecule has 0 bridgehead atoms. The summed E-state index contributed by atoms with van der Waals surface area (Å²) >= 11 is 0. The van der Waals surface area contributed by atoms with Crippen LogP contribution in [0.15, 0.2) is 0 Å². The Labute approximate surface area is 250 Å². The van der Waals surface area contributed by atoms with Gasteiger partial charge in [-0.3, -0.25) is 4.79 Å². The second-order valence-corrected chi connectivity index (χ2v) is 12.8. The first-order valence-corrected chi connectivity index (χ1v) is 15.0. The first kappa shape index (κ1) is 34.9. The van der Waals surface area contributed by atoms with E-state index in [9.17, 15) is 40.5 Å². The van der Waals surface area contributed by atoms with Crippen molar-refractivity contribution in [3.8, 4) is 0 Å². The second-order valence-electron chi connectivity index (χ2n) is 12.8. The number of hydrogen-bond acceptors (Lipinski definition) is 16. The number of nitrogens with two attached hydrogens (primary N) is 2. The molecule has 0 aromatic carbocycles. The molecular formula is C27H50N4O12. The normalized spacial score (nSPS) is 50.7. The molecule has 14 atom stereocenters. The Hall–Kier alpha value is -0.930. The average molecular weight is 623 g/mol. The lowest BCUT2D eigenvalue weighted by atomic mass is 9.69. The van der Waals surface area contributed by atoms with Crippen molar-refractivity contribution in [2.75, 3.05) is 26.7 Å². The van der Waals surface area contributed by atoms with E-state index >= 15 is 0 Å². The maximum Gasteiger partial charge on any atom is 0.187 e. The molecule has 250 valence electrons. The molecule has 13 N–H and O–H groups in total. The molecule has 43 heavy (non-hydrogen) atoms.